The van der Waals surface area contributed by atoms with E-state index in [0.29, 0.717) is 6.04 Å². The molecule has 2 rings (SSSR count). The molecule has 0 saturated carbocycles. The lowest BCUT2D eigenvalue weighted by molar-refractivity contribution is 0.367. The van der Waals surface area contributed by atoms with Crippen LogP contribution in [-0.4, -0.2) is 11.2 Å². The van der Waals surface area contributed by atoms with Gasteiger partial charge in [-0.2, -0.15) is 0 Å². The highest BCUT2D eigenvalue weighted by Crippen LogP contribution is 2.23. The molecule has 1 N–H and O–H groups in total. The first-order valence-corrected chi connectivity index (χ1v) is 6.47. The molecule has 0 aromatic carbocycles. The molecule has 0 radical (unpaired) electrons. The molecule has 0 aliphatic heterocycles. The molecule has 3 nitrogen and oxygen atoms in total. The van der Waals surface area contributed by atoms with Crippen LogP contribution in [0.2, 0.25) is 0 Å². The lowest BCUT2D eigenvalue weighted by Crippen LogP contribution is -2.22. The summed E-state index contributed by atoms with van der Waals surface area (Å²) >= 11 is 0. The van der Waals surface area contributed by atoms with Crippen molar-refractivity contribution in [2.45, 2.75) is 65.0 Å². The summed E-state index contributed by atoms with van der Waals surface area (Å²) in [7, 11) is 0. The highest BCUT2D eigenvalue weighted by atomic mass is 16.5. The summed E-state index contributed by atoms with van der Waals surface area (Å²) in [6.45, 7) is 5.16. The van der Waals surface area contributed by atoms with Crippen LogP contribution in [0.5, 0.6) is 0 Å². The van der Waals surface area contributed by atoms with Gasteiger partial charge >= 0.3 is 0 Å². The molecular formula is C13H22N2O. The second-order valence-electron chi connectivity index (χ2n) is 4.98. The Kier molecular flexibility index (Phi) is 3.99. The van der Waals surface area contributed by atoms with Gasteiger partial charge in [-0.1, -0.05) is 31.8 Å². The van der Waals surface area contributed by atoms with Gasteiger partial charge in [-0.3, -0.25) is 0 Å². The molecule has 3 heteroatoms. The number of aryl methyl sites for hydroxylation is 1. The van der Waals surface area contributed by atoms with E-state index >= 15 is 0 Å². The van der Waals surface area contributed by atoms with E-state index in [2.05, 4.69) is 24.3 Å². The molecule has 0 saturated heterocycles. The number of rotatable bonds is 3. The van der Waals surface area contributed by atoms with Crippen molar-refractivity contribution in [3.8, 4) is 0 Å². The van der Waals surface area contributed by atoms with Gasteiger partial charge in [0.15, 0.2) is 0 Å². The molecule has 0 unspecified atom stereocenters. The van der Waals surface area contributed by atoms with Crippen molar-refractivity contribution in [2.24, 2.45) is 0 Å². The van der Waals surface area contributed by atoms with Crippen molar-refractivity contribution >= 4 is 0 Å². The first-order valence-electron chi connectivity index (χ1n) is 6.47. The molecule has 1 aromatic heterocycles. The Morgan fingerprint density at radius 1 is 1.19 bits per heavy atom. The van der Waals surface area contributed by atoms with Crippen LogP contribution in [0.1, 0.15) is 56.5 Å². The van der Waals surface area contributed by atoms with E-state index in [0.717, 1.165) is 30.8 Å². The minimum absolute atomic E-state index is 0.501. The maximum absolute atomic E-state index is 5.46. The van der Waals surface area contributed by atoms with Crippen molar-refractivity contribution in [1.82, 2.24) is 10.5 Å². The fourth-order valence-corrected chi connectivity index (χ4v) is 2.24. The van der Waals surface area contributed by atoms with E-state index in [-0.39, 0.29) is 0 Å². The van der Waals surface area contributed by atoms with Gasteiger partial charge in [-0.25, -0.2) is 0 Å². The third kappa shape index (κ3) is 2.85. The fourth-order valence-electron chi connectivity index (χ4n) is 2.24. The first-order chi connectivity index (χ1) is 7.77. The van der Waals surface area contributed by atoms with E-state index in [1.54, 1.807) is 0 Å². The van der Waals surface area contributed by atoms with E-state index in [1.165, 1.54) is 31.2 Å². The SMILES string of the molecule is CC(C)NCc1noc2c1CCCCCC2. The van der Waals surface area contributed by atoms with Crippen molar-refractivity contribution in [3.63, 3.8) is 0 Å². The van der Waals surface area contributed by atoms with Crippen LogP contribution < -0.4 is 5.32 Å². The smallest absolute Gasteiger partial charge is 0.140 e. The van der Waals surface area contributed by atoms with Crippen molar-refractivity contribution < 1.29 is 4.52 Å². The van der Waals surface area contributed by atoms with E-state index < -0.39 is 0 Å². The Hall–Kier alpha value is -0.830. The highest BCUT2D eigenvalue weighted by Gasteiger charge is 2.16. The van der Waals surface area contributed by atoms with Crippen LogP contribution >= 0.6 is 0 Å². The van der Waals surface area contributed by atoms with Gasteiger partial charge in [-0.15, -0.1) is 0 Å². The summed E-state index contributed by atoms with van der Waals surface area (Å²) in [5.74, 6) is 1.14. The molecule has 90 valence electrons. The summed E-state index contributed by atoms with van der Waals surface area (Å²) in [5, 5.41) is 7.63. The lowest BCUT2D eigenvalue weighted by Gasteiger charge is -2.10. The molecule has 0 amide bonds. The van der Waals surface area contributed by atoms with E-state index in [9.17, 15) is 0 Å². The van der Waals surface area contributed by atoms with E-state index in [1.807, 2.05) is 0 Å². The van der Waals surface area contributed by atoms with Gasteiger partial charge < -0.3 is 9.84 Å². The van der Waals surface area contributed by atoms with Crippen LogP contribution in [0.25, 0.3) is 0 Å². The first kappa shape index (κ1) is 11.6. The van der Waals surface area contributed by atoms with Crippen molar-refractivity contribution in [1.29, 1.82) is 0 Å². The second kappa shape index (κ2) is 5.48. The minimum atomic E-state index is 0.501. The molecule has 0 bridgehead atoms. The van der Waals surface area contributed by atoms with Gasteiger partial charge in [0.05, 0.1) is 0 Å². The largest absolute Gasteiger partial charge is 0.361 e. The Bertz CT molecular complexity index is 331. The quantitative estimate of drug-likeness (QED) is 0.854. The average Bonchev–Trinajstić information content (AvgIpc) is 2.56. The number of nitrogens with zero attached hydrogens (tertiary/aromatic N) is 1. The third-order valence-electron chi connectivity index (χ3n) is 3.21. The summed E-state index contributed by atoms with van der Waals surface area (Å²) in [5.41, 5.74) is 2.51. The van der Waals surface area contributed by atoms with Crippen LogP contribution in [0.15, 0.2) is 4.52 Å². The van der Waals surface area contributed by atoms with Crippen LogP contribution in [0, 0.1) is 0 Å². The zero-order valence-corrected chi connectivity index (χ0v) is 10.4. The van der Waals surface area contributed by atoms with E-state index in [4.69, 9.17) is 4.52 Å². The van der Waals surface area contributed by atoms with Gasteiger partial charge in [0, 0.05) is 24.6 Å². The van der Waals surface area contributed by atoms with Crippen molar-refractivity contribution in [3.05, 3.63) is 17.0 Å². The Balaban J connectivity index is 2.07. The van der Waals surface area contributed by atoms with Crippen molar-refractivity contribution in [2.75, 3.05) is 0 Å². The molecule has 1 aromatic rings. The molecule has 0 fully saturated rings. The number of aromatic nitrogens is 1. The Morgan fingerprint density at radius 2 is 1.94 bits per heavy atom. The molecule has 0 atom stereocenters. The maximum atomic E-state index is 5.46. The topological polar surface area (TPSA) is 38.1 Å². The van der Waals surface area contributed by atoms with Gasteiger partial charge in [0.1, 0.15) is 11.5 Å². The molecule has 16 heavy (non-hydrogen) atoms. The average molecular weight is 222 g/mol. The standard InChI is InChI=1S/C13H22N2O/c1-10(2)14-9-12-11-7-5-3-4-6-8-13(11)16-15-12/h10,14H,3-9H2,1-2H3. The maximum Gasteiger partial charge on any atom is 0.140 e. The summed E-state index contributed by atoms with van der Waals surface area (Å²) < 4.78 is 5.46. The number of hydrogen-bond acceptors (Lipinski definition) is 3. The van der Waals surface area contributed by atoms with Gasteiger partial charge in [0.25, 0.3) is 0 Å². The van der Waals surface area contributed by atoms with Gasteiger partial charge in [-0.05, 0) is 19.3 Å². The third-order valence-corrected chi connectivity index (χ3v) is 3.21. The predicted octanol–water partition coefficient (Wildman–Crippen LogP) is 2.83. The Morgan fingerprint density at radius 3 is 2.69 bits per heavy atom. The zero-order chi connectivity index (χ0) is 11.4. The monoisotopic (exact) mass is 222 g/mol. The summed E-state index contributed by atoms with van der Waals surface area (Å²) in [6.07, 6.45) is 7.43. The fraction of sp³-hybridized carbons (Fsp3) is 0.769. The van der Waals surface area contributed by atoms with Crippen LogP contribution in [-0.2, 0) is 19.4 Å². The summed E-state index contributed by atoms with van der Waals surface area (Å²) in [6, 6.07) is 0.501. The molecule has 1 heterocycles. The minimum Gasteiger partial charge on any atom is -0.361 e. The number of fused-ring (bicyclic) bond motifs is 1. The molecule has 1 aliphatic rings. The van der Waals surface area contributed by atoms with Gasteiger partial charge in [0.2, 0.25) is 0 Å². The second-order valence-corrected chi connectivity index (χ2v) is 4.98. The molecule has 1 aliphatic carbocycles. The van der Waals surface area contributed by atoms with Crippen LogP contribution in [0.3, 0.4) is 0 Å². The highest BCUT2D eigenvalue weighted by molar-refractivity contribution is 5.24. The van der Waals surface area contributed by atoms with Crippen LogP contribution in [0.4, 0.5) is 0 Å². The summed E-state index contributed by atoms with van der Waals surface area (Å²) in [4.78, 5) is 0. The number of nitrogens with one attached hydrogen (secondary N) is 1. The zero-order valence-electron chi connectivity index (χ0n) is 10.4. The lowest BCUT2D eigenvalue weighted by atomic mass is 9.97. The predicted molar refractivity (Wildman–Crippen MR) is 64.4 cm³/mol. The normalized spacial score (nSPS) is 16.9. The number of hydrogen-bond donors (Lipinski definition) is 1. The Labute approximate surface area is 97.6 Å². The molecule has 0 spiro atoms. The molecular weight excluding hydrogens is 200 g/mol.